The first-order valence-electron chi connectivity index (χ1n) is 2.98. The Labute approximate surface area is 78.7 Å². The van der Waals surface area contributed by atoms with Crippen molar-refractivity contribution in [1.29, 1.82) is 0 Å². The van der Waals surface area contributed by atoms with Crippen molar-refractivity contribution in [3.63, 3.8) is 0 Å². The zero-order valence-electron chi connectivity index (χ0n) is 5.63. The molecule has 0 atom stereocenters. The molecule has 0 N–H and O–H groups in total. The van der Waals surface area contributed by atoms with Crippen LogP contribution in [-0.4, -0.2) is 10.4 Å². The van der Waals surface area contributed by atoms with E-state index in [-0.39, 0.29) is 5.97 Å². The summed E-state index contributed by atoms with van der Waals surface area (Å²) in [6.45, 7) is 0. The second-order valence-corrected chi connectivity index (χ2v) is 2.53. The summed E-state index contributed by atoms with van der Waals surface area (Å²) in [6, 6.07) is 10.5. The molecule has 0 saturated carbocycles. The number of ether oxygens (including phenoxy) is 1. The van der Waals surface area contributed by atoms with E-state index in [1.54, 1.807) is 18.2 Å². The van der Waals surface area contributed by atoms with Gasteiger partial charge in [0.1, 0.15) is 0 Å². The van der Waals surface area contributed by atoms with Crippen molar-refractivity contribution in [1.82, 2.24) is 0 Å². The predicted octanol–water partition coefficient (Wildman–Crippen LogP) is 1.63. The smallest absolute Gasteiger partial charge is 0.321 e. The molecule has 0 aliphatic carbocycles. The lowest BCUT2D eigenvalue weighted by Gasteiger charge is -1.96. The summed E-state index contributed by atoms with van der Waals surface area (Å²) in [5.41, 5.74) is 0. The van der Waals surface area contributed by atoms with Gasteiger partial charge in [0.25, 0.3) is 0 Å². The molecule has 1 rings (SSSR count). The van der Waals surface area contributed by atoms with Gasteiger partial charge in [-0.3, -0.25) is 4.79 Å². The van der Waals surface area contributed by atoms with Crippen LogP contribution in [0.3, 0.4) is 0 Å². The Morgan fingerprint density at radius 2 is 2.55 bits per heavy atom. The van der Waals surface area contributed by atoms with Crippen molar-refractivity contribution in [3.8, 4) is 5.75 Å². The van der Waals surface area contributed by atoms with Crippen LogP contribution in [0, 0.1) is 12.1 Å². The Balaban J connectivity index is 2.58. The summed E-state index contributed by atoms with van der Waals surface area (Å²) in [5.74, 6) is 0.163. The summed E-state index contributed by atoms with van der Waals surface area (Å²) in [6.07, 6.45) is 0. The van der Waals surface area contributed by atoms with E-state index < -0.39 is 0 Å². The fraction of sp³-hybridized carbons (Fsp3) is 0.125. The Bertz CT molecular complexity index is 233. The quantitative estimate of drug-likeness (QED) is 0.459. The molecule has 0 saturated heterocycles. The molecule has 0 bridgehead atoms. The van der Waals surface area contributed by atoms with Gasteiger partial charge < -0.3 is 4.74 Å². The SMILES string of the molecule is O=C(CI)Oc1c#cccc1. The number of halogens is 1. The third kappa shape index (κ3) is 2.76. The fourth-order valence-electron chi connectivity index (χ4n) is 0.548. The molecule has 0 unspecified atom stereocenters. The van der Waals surface area contributed by atoms with E-state index in [0.29, 0.717) is 10.2 Å². The molecule has 11 heavy (non-hydrogen) atoms. The zero-order valence-corrected chi connectivity index (χ0v) is 7.79. The van der Waals surface area contributed by atoms with Gasteiger partial charge in [-0.15, -0.1) is 0 Å². The van der Waals surface area contributed by atoms with E-state index in [9.17, 15) is 4.79 Å². The van der Waals surface area contributed by atoms with Crippen LogP contribution in [0.25, 0.3) is 0 Å². The van der Waals surface area contributed by atoms with Gasteiger partial charge in [-0.2, -0.15) is 0 Å². The average Bonchev–Trinajstić information content (AvgIpc) is 2.06. The van der Waals surface area contributed by atoms with Crippen LogP contribution in [0.4, 0.5) is 0 Å². The Morgan fingerprint density at radius 3 is 3.09 bits per heavy atom. The van der Waals surface area contributed by atoms with Gasteiger partial charge in [-0.05, 0) is 24.3 Å². The minimum atomic E-state index is -0.263. The van der Waals surface area contributed by atoms with Gasteiger partial charge in [0.15, 0.2) is 5.75 Å². The van der Waals surface area contributed by atoms with Crippen molar-refractivity contribution in [2.45, 2.75) is 0 Å². The van der Waals surface area contributed by atoms with Crippen LogP contribution < -0.4 is 4.74 Å². The molecule has 0 aromatic heterocycles. The van der Waals surface area contributed by atoms with Crippen molar-refractivity contribution < 1.29 is 9.53 Å². The van der Waals surface area contributed by atoms with Crippen molar-refractivity contribution >= 4 is 28.6 Å². The highest BCUT2D eigenvalue weighted by atomic mass is 127. The highest BCUT2D eigenvalue weighted by Crippen LogP contribution is 2.04. The summed E-state index contributed by atoms with van der Waals surface area (Å²) >= 11 is 1.94. The number of carbonyl (C=O) groups is 1. The Hall–Kier alpha value is -0.760. The van der Waals surface area contributed by atoms with E-state index in [1.807, 2.05) is 22.6 Å². The molecule has 3 heteroatoms. The maximum atomic E-state index is 10.7. The third-order valence-electron chi connectivity index (χ3n) is 0.955. The van der Waals surface area contributed by atoms with Gasteiger partial charge in [-0.25, -0.2) is 0 Å². The minimum Gasteiger partial charge on any atom is -0.417 e. The number of carbonyl (C=O) groups excluding carboxylic acids is 1. The Kier molecular flexibility index (Phi) is 3.17. The van der Waals surface area contributed by atoms with Crippen molar-refractivity contribution in [2.24, 2.45) is 0 Å². The summed E-state index contributed by atoms with van der Waals surface area (Å²) in [7, 11) is 0. The lowest BCUT2D eigenvalue weighted by atomic mass is 10.4. The molecule has 0 aliphatic heterocycles. The van der Waals surface area contributed by atoms with Crippen LogP contribution >= 0.6 is 22.6 Å². The molecule has 1 aromatic carbocycles. The molecule has 56 valence electrons. The third-order valence-corrected chi connectivity index (χ3v) is 1.58. The van der Waals surface area contributed by atoms with E-state index in [1.165, 1.54) is 0 Å². The summed E-state index contributed by atoms with van der Waals surface area (Å²) < 4.78 is 5.18. The van der Waals surface area contributed by atoms with Gasteiger partial charge in [-0.1, -0.05) is 28.7 Å². The first-order chi connectivity index (χ1) is 5.33. The maximum Gasteiger partial charge on any atom is 0.321 e. The molecule has 0 radical (unpaired) electrons. The van der Waals surface area contributed by atoms with Gasteiger partial charge >= 0.3 is 5.97 Å². The monoisotopic (exact) mass is 260 g/mol. The maximum absolute atomic E-state index is 10.7. The number of esters is 1. The first kappa shape index (κ1) is 8.34. The van der Waals surface area contributed by atoms with E-state index in [2.05, 4.69) is 12.1 Å². The average molecular weight is 260 g/mol. The van der Waals surface area contributed by atoms with Crippen molar-refractivity contribution in [2.75, 3.05) is 4.43 Å². The minimum absolute atomic E-state index is 0.263. The van der Waals surface area contributed by atoms with Crippen molar-refractivity contribution in [3.05, 3.63) is 30.3 Å². The normalized spacial score (nSPS) is 8.45. The molecule has 0 heterocycles. The molecule has 2 nitrogen and oxygen atoms in total. The van der Waals surface area contributed by atoms with Crippen LogP contribution in [0.1, 0.15) is 0 Å². The molecule has 0 spiro atoms. The lowest BCUT2D eigenvalue weighted by molar-refractivity contribution is -0.131. The van der Waals surface area contributed by atoms with Crippen LogP contribution in [-0.2, 0) is 4.79 Å². The number of hydrogen-bond acceptors (Lipinski definition) is 2. The highest BCUT2D eigenvalue weighted by Gasteiger charge is 1.99. The molecule has 0 amide bonds. The fourth-order valence-corrected chi connectivity index (χ4v) is 0.703. The van der Waals surface area contributed by atoms with E-state index in [0.717, 1.165) is 0 Å². The standard InChI is InChI=1S/C8H5IO2/c9-6-8(10)11-7-4-2-1-3-5-7/h1-2,4H,6H2. The first-order valence-corrected chi connectivity index (χ1v) is 4.50. The van der Waals surface area contributed by atoms with Crippen LogP contribution in [0.2, 0.25) is 0 Å². The predicted molar refractivity (Wildman–Crippen MR) is 48.6 cm³/mol. The molecule has 0 aliphatic rings. The van der Waals surface area contributed by atoms with E-state index in [4.69, 9.17) is 4.74 Å². The highest BCUT2D eigenvalue weighted by molar-refractivity contribution is 14.1. The number of hydrogen-bond donors (Lipinski definition) is 0. The lowest BCUT2D eigenvalue weighted by Crippen LogP contribution is -2.07. The molecule has 0 fully saturated rings. The second kappa shape index (κ2) is 4.19. The molecular formula is C8H5IO2. The molecular weight excluding hydrogens is 255 g/mol. The van der Waals surface area contributed by atoms with Crippen LogP contribution in [0.15, 0.2) is 18.2 Å². The summed E-state index contributed by atoms with van der Waals surface area (Å²) in [4.78, 5) is 10.7. The Morgan fingerprint density at radius 1 is 1.73 bits per heavy atom. The topological polar surface area (TPSA) is 26.3 Å². The van der Waals surface area contributed by atoms with Gasteiger partial charge in [0.2, 0.25) is 0 Å². The van der Waals surface area contributed by atoms with Gasteiger partial charge in [0.05, 0.1) is 4.43 Å². The summed E-state index contributed by atoms with van der Waals surface area (Å²) in [5, 5.41) is 0. The largest absolute Gasteiger partial charge is 0.417 e. The number of alkyl halides is 1. The zero-order chi connectivity index (χ0) is 8.10. The van der Waals surface area contributed by atoms with E-state index >= 15 is 0 Å². The molecule has 1 aromatic rings. The second-order valence-electron chi connectivity index (χ2n) is 1.77. The van der Waals surface area contributed by atoms with Gasteiger partial charge in [0, 0.05) is 0 Å². The van der Waals surface area contributed by atoms with Crippen LogP contribution in [0.5, 0.6) is 5.75 Å². The number of rotatable bonds is 2.